The first kappa shape index (κ1) is 19.2. The average molecular weight is 399 g/mol. The summed E-state index contributed by atoms with van der Waals surface area (Å²) in [5.74, 6) is -0.314. The van der Waals surface area contributed by atoms with Gasteiger partial charge >= 0.3 is 0 Å². The molecule has 0 fully saturated rings. The number of halogens is 3. The van der Waals surface area contributed by atoms with E-state index in [1.165, 1.54) is 48.6 Å². The van der Waals surface area contributed by atoms with Gasteiger partial charge in [0.25, 0.3) is 6.43 Å². The summed E-state index contributed by atoms with van der Waals surface area (Å²) in [5.41, 5.74) is 0.0584. The molecule has 2 aromatic rings. The average Bonchev–Trinajstić information content (AvgIpc) is 3.06. The number of hydrazone groups is 1. The molecule has 1 aliphatic rings. The second-order valence-corrected chi connectivity index (χ2v) is 7.93. The van der Waals surface area contributed by atoms with Crippen LogP contribution in [0.15, 0.2) is 46.7 Å². The number of methoxy groups -OCH3 is 1. The van der Waals surface area contributed by atoms with Gasteiger partial charge in [-0.15, -0.1) is 0 Å². The number of aromatic nitrogens is 1. The fraction of sp³-hybridized carbons (Fsp3) is 0.294. The second kappa shape index (κ2) is 7.18. The van der Waals surface area contributed by atoms with Gasteiger partial charge in [-0.25, -0.2) is 26.6 Å². The molecular formula is C17H16F3N3O3S. The minimum absolute atomic E-state index is 0.157. The molecule has 27 heavy (non-hydrogen) atoms. The molecule has 6 nitrogen and oxygen atoms in total. The van der Waals surface area contributed by atoms with E-state index in [0.717, 1.165) is 6.26 Å². The van der Waals surface area contributed by atoms with Crippen molar-refractivity contribution in [3.63, 3.8) is 0 Å². The maximum absolute atomic E-state index is 14.5. The number of pyridine rings is 1. The van der Waals surface area contributed by atoms with Crippen LogP contribution in [0.25, 0.3) is 0 Å². The highest BCUT2D eigenvalue weighted by Crippen LogP contribution is 2.38. The zero-order valence-electron chi connectivity index (χ0n) is 14.4. The van der Waals surface area contributed by atoms with Crippen LogP contribution in [0.5, 0.6) is 5.75 Å². The predicted molar refractivity (Wildman–Crippen MR) is 93.6 cm³/mol. The van der Waals surface area contributed by atoms with Gasteiger partial charge in [0.1, 0.15) is 17.3 Å². The standard InChI is InChI=1S/C17H16F3N3O3S/c1-26-11-4-5-12(13(18)7-11)15-8-14(17(19)20)22-23(15)10-3-6-16(21-9-10)27(2,24)25/h3-7,9,15,17H,8H2,1-2H3. The summed E-state index contributed by atoms with van der Waals surface area (Å²) in [5, 5.41) is 4.97. The topological polar surface area (TPSA) is 71.9 Å². The van der Waals surface area contributed by atoms with Crippen LogP contribution in [0, 0.1) is 5.82 Å². The van der Waals surface area contributed by atoms with E-state index in [4.69, 9.17) is 4.74 Å². The highest BCUT2D eigenvalue weighted by molar-refractivity contribution is 7.90. The molecule has 0 radical (unpaired) electrons. The number of alkyl halides is 2. The first-order chi connectivity index (χ1) is 12.7. The number of benzene rings is 1. The van der Waals surface area contributed by atoms with Crippen LogP contribution in [0.3, 0.4) is 0 Å². The number of rotatable bonds is 5. The Labute approximate surface area is 154 Å². The molecule has 0 spiro atoms. The molecule has 1 aromatic carbocycles. The lowest BCUT2D eigenvalue weighted by Gasteiger charge is -2.24. The van der Waals surface area contributed by atoms with Crippen molar-refractivity contribution in [3.05, 3.63) is 47.9 Å². The van der Waals surface area contributed by atoms with Gasteiger partial charge in [0.2, 0.25) is 0 Å². The third-order valence-corrected chi connectivity index (χ3v) is 5.12. The van der Waals surface area contributed by atoms with Gasteiger partial charge in [0.15, 0.2) is 14.9 Å². The number of nitrogens with zero attached hydrogens (tertiary/aromatic N) is 3. The summed E-state index contributed by atoms with van der Waals surface area (Å²) in [7, 11) is -2.11. The van der Waals surface area contributed by atoms with Crippen LogP contribution >= 0.6 is 0 Å². The molecule has 0 aliphatic carbocycles. The van der Waals surface area contributed by atoms with Gasteiger partial charge in [0, 0.05) is 24.3 Å². The number of anilines is 1. The van der Waals surface area contributed by atoms with E-state index in [1.54, 1.807) is 0 Å². The van der Waals surface area contributed by atoms with Crippen molar-refractivity contribution in [2.45, 2.75) is 23.9 Å². The van der Waals surface area contributed by atoms with Crippen LogP contribution in [-0.2, 0) is 9.84 Å². The minimum Gasteiger partial charge on any atom is -0.497 e. The van der Waals surface area contributed by atoms with Crippen molar-refractivity contribution < 1.29 is 26.3 Å². The molecule has 0 saturated carbocycles. The van der Waals surface area contributed by atoms with Crippen molar-refractivity contribution in [1.29, 1.82) is 0 Å². The van der Waals surface area contributed by atoms with Gasteiger partial charge < -0.3 is 4.74 Å². The van der Waals surface area contributed by atoms with E-state index in [1.807, 2.05) is 0 Å². The third kappa shape index (κ3) is 3.90. The number of sulfone groups is 1. The second-order valence-electron chi connectivity index (χ2n) is 5.97. The van der Waals surface area contributed by atoms with Crippen molar-refractivity contribution in [2.75, 3.05) is 18.4 Å². The van der Waals surface area contributed by atoms with Crippen molar-refractivity contribution in [1.82, 2.24) is 4.98 Å². The van der Waals surface area contributed by atoms with E-state index in [2.05, 4.69) is 10.1 Å². The molecule has 10 heteroatoms. The molecule has 0 amide bonds. The lowest BCUT2D eigenvalue weighted by molar-refractivity contribution is 0.223. The SMILES string of the molecule is COc1ccc(C2CC(C(F)F)=NN2c2ccc(S(C)(=O)=O)nc2)c(F)c1. The summed E-state index contributed by atoms with van der Waals surface area (Å²) in [6, 6.07) is 5.98. The molecule has 1 aromatic heterocycles. The summed E-state index contributed by atoms with van der Waals surface area (Å²) in [6.45, 7) is 0. The molecule has 2 heterocycles. The summed E-state index contributed by atoms with van der Waals surface area (Å²) in [6.07, 6.45) is -0.743. The van der Waals surface area contributed by atoms with Gasteiger partial charge in [-0.2, -0.15) is 5.10 Å². The molecule has 1 unspecified atom stereocenters. The van der Waals surface area contributed by atoms with E-state index in [-0.39, 0.29) is 28.4 Å². The quantitative estimate of drug-likeness (QED) is 0.772. The highest BCUT2D eigenvalue weighted by Gasteiger charge is 2.35. The number of ether oxygens (including phenoxy) is 1. The summed E-state index contributed by atoms with van der Waals surface area (Å²) < 4.78 is 68.9. The largest absolute Gasteiger partial charge is 0.497 e. The summed E-state index contributed by atoms with van der Waals surface area (Å²) in [4.78, 5) is 3.84. The lowest BCUT2D eigenvalue weighted by Crippen LogP contribution is -2.20. The Morgan fingerprint density at radius 3 is 2.52 bits per heavy atom. The fourth-order valence-corrected chi connectivity index (χ4v) is 3.34. The van der Waals surface area contributed by atoms with Gasteiger partial charge in [-0.1, -0.05) is 6.07 Å². The van der Waals surface area contributed by atoms with Crippen LogP contribution < -0.4 is 9.75 Å². The molecule has 0 N–H and O–H groups in total. The molecule has 144 valence electrons. The predicted octanol–water partition coefficient (Wildman–Crippen LogP) is 3.21. The van der Waals surface area contributed by atoms with E-state index in [9.17, 15) is 21.6 Å². The minimum atomic E-state index is -3.51. The molecule has 3 rings (SSSR count). The van der Waals surface area contributed by atoms with Gasteiger partial charge in [-0.05, 0) is 18.2 Å². The molecular weight excluding hydrogens is 383 g/mol. The third-order valence-electron chi connectivity index (χ3n) is 4.12. The van der Waals surface area contributed by atoms with Crippen LogP contribution in [0.4, 0.5) is 18.9 Å². The Balaban J connectivity index is 2.01. The highest BCUT2D eigenvalue weighted by atomic mass is 32.2. The Bertz CT molecular complexity index is 979. The summed E-state index contributed by atoms with van der Waals surface area (Å²) >= 11 is 0. The number of hydrogen-bond donors (Lipinski definition) is 0. The van der Waals surface area contributed by atoms with Gasteiger partial charge in [-0.3, -0.25) is 5.01 Å². The molecule has 1 atom stereocenters. The normalized spacial score (nSPS) is 17.3. The Kier molecular flexibility index (Phi) is 5.09. The van der Waals surface area contributed by atoms with E-state index < -0.39 is 28.1 Å². The molecule has 0 saturated heterocycles. The Morgan fingerprint density at radius 2 is 2.00 bits per heavy atom. The van der Waals surface area contributed by atoms with E-state index in [0.29, 0.717) is 5.75 Å². The van der Waals surface area contributed by atoms with Gasteiger partial charge in [0.05, 0.1) is 25.0 Å². The molecule has 0 bridgehead atoms. The first-order valence-electron chi connectivity index (χ1n) is 7.85. The fourth-order valence-electron chi connectivity index (χ4n) is 2.78. The molecule has 1 aliphatic heterocycles. The van der Waals surface area contributed by atoms with Crippen molar-refractivity contribution in [2.24, 2.45) is 5.10 Å². The van der Waals surface area contributed by atoms with Crippen LogP contribution in [0.2, 0.25) is 0 Å². The maximum Gasteiger partial charge on any atom is 0.278 e. The van der Waals surface area contributed by atoms with Crippen LogP contribution in [0.1, 0.15) is 18.0 Å². The monoisotopic (exact) mass is 399 g/mol. The Morgan fingerprint density at radius 1 is 1.26 bits per heavy atom. The lowest BCUT2D eigenvalue weighted by atomic mass is 10.0. The Hall–Kier alpha value is -2.62. The number of hydrogen-bond acceptors (Lipinski definition) is 6. The van der Waals surface area contributed by atoms with Crippen molar-refractivity contribution in [3.8, 4) is 5.75 Å². The van der Waals surface area contributed by atoms with Crippen molar-refractivity contribution >= 4 is 21.2 Å². The van der Waals surface area contributed by atoms with E-state index >= 15 is 0 Å². The maximum atomic E-state index is 14.5. The zero-order valence-corrected chi connectivity index (χ0v) is 15.3. The smallest absolute Gasteiger partial charge is 0.278 e. The zero-order chi connectivity index (χ0) is 19.8. The van der Waals surface area contributed by atoms with Crippen LogP contribution in [-0.4, -0.2) is 38.9 Å². The first-order valence-corrected chi connectivity index (χ1v) is 9.74.